The number of carbonyl (C=O) groups excluding carboxylic acids is 3. The molecule has 3 N–H and O–H groups in total. The van der Waals surface area contributed by atoms with Crippen LogP contribution in [0, 0.1) is 0 Å². The minimum absolute atomic E-state index is 0.0613. The normalized spacial score (nSPS) is 14.6. The van der Waals surface area contributed by atoms with Gasteiger partial charge < -0.3 is 29.0 Å². The summed E-state index contributed by atoms with van der Waals surface area (Å²) < 4.78 is 12.4. The number of aryl methyl sites for hydroxylation is 1. The van der Waals surface area contributed by atoms with E-state index >= 15 is 0 Å². The zero-order chi connectivity index (χ0) is 31.3. The summed E-state index contributed by atoms with van der Waals surface area (Å²) >= 11 is 6.32. The molecule has 0 saturated carbocycles. The average Bonchev–Trinajstić information content (AvgIpc) is 3.66. The highest BCUT2D eigenvalue weighted by Crippen LogP contribution is 2.45. The Hall–Kier alpha value is -5.10. The maximum atomic E-state index is 13.7. The molecule has 1 atom stereocenters. The van der Waals surface area contributed by atoms with Crippen LogP contribution in [0.5, 0.6) is 5.75 Å². The van der Waals surface area contributed by atoms with Crippen molar-refractivity contribution < 1.29 is 28.6 Å². The fourth-order valence-corrected chi connectivity index (χ4v) is 5.53. The molecule has 13 heteroatoms. The topological polar surface area (TPSA) is 152 Å². The van der Waals surface area contributed by atoms with Gasteiger partial charge in [0, 0.05) is 54.8 Å². The predicted molar refractivity (Wildman–Crippen MR) is 166 cm³/mol. The zero-order valence-electron chi connectivity index (χ0n) is 24.3. The monoisotopic (exact) mass is 616 g/mol. The summed E-state index contributed by atoms with van der Waals surface area (Å²) in [5.41, 5.74) is 1.88. The highest BCUT2D eigenvalue weighted by Gasteiger charge is 2.36. The molecule has 44 heavy (non-hydrogen) atoms. The van der Waals surface area contributed by atoms with Crippen molar-refractivity contribution in [2.75, 3.05) is 28.0 Å². The van der Waals surface area contributed by atoms with Crippen molar-refractivity contribution in [1.29, 1.82) is 0 Å². The largest absolute Gasteiger partial charge is 0.507 e. The molecule has 226 valence electrons. The maximum Gasteiger partial charge on any atom is 0.412 e. The molecule has 3 heterocycles. The Bertz CT molecular complexity index is 1960. The van der Waals surface area contributed by atoms with Crippen LogP contribution in [0.2, 0.25) is 0 Å². The number of imidazole rings is 1. The van der Waals surface area contributed by atoms with Crippen LogP contribution in [0.25, 0.3) is 21.9 Å². The van der Waals surface area contributed by atoms with E-state index in [0.717, 1.165) is 10.9 Å². The summed E-state index contributed by atoms with van der Waals surface area (Å²) in [7, 11) is 1.64. The summed E-state index contributed by atoms with van der Waals surface area (Å²) in [5, 5.41) is 17.5. The molecule has 0 aliphatic carbocycles. The van der Waals surface area contributed by atoms with Crippen molar-refractivity contribution >= 4 is 68.6 Å². The first kappa shape index (κ1) is 29.0. The molecule has 1 aliphatic rings. The molecule has 3 aromatic carbocycles. The van der Waals surface area contributed by atoms with Gasteiger partial charge in [-0.25, -0.2) is 14.8 Å². The first-order valence-electron chi connectivity index (χ1n) is 13.8. The second-order valence-electron chi connectivity index (χ2n) is 11.5. The van der Waals surface area contributed by atoms with E-state index in [0.29, 0.717) is 28.8 Å². The van der Waals surface area contributed by atoms with Gasteiger partial charge in [0.2, 0.25) is 5.82 Å². The second kappa shape index (κ2) is 10.9. The number of oxazole rings is 1. The lowest BCUT2D eigenvalue weighted by Crippen LogP contribution is -2.32. The van der Waals surface area contributed by atoms with Crippen LogP contribution in [-0.4, -0.2) is 55.6 Å². The van der Waals surface area contributed by atoms with Gasteiger partial charge in [-0.2, -0.15) is 0 Å². The number of benzene rings is 3. The Kier molecular flexibility index (Phi) is 7.16. The van der Waals surface area contributed by atoms with Crippen molar-refractivity contribution in [3.63, 3.8) is 0 Å². The molecular formula is C31H29ClN6O6. The molecule has 5 aromatic rings. The summed E-state index contributed by atoms with van der Waals surface area (Å²) in [5.74, 6) is -0.918. The van der Waals surface area contributed by atoms with Gasteiger partial charge in [-0.3, -0.25) is 14.9 Å². The van der Waals surface area contributed by atoms with Crippen LogP contribution < -0.4 is 15.5 Å². The third kappa shape index (κ3) is 5.39. The Morgan fingerprint density at radius 1 is 1.09 bits per heavy atom. The number of hydrogen-bond acceptors (Lipinski definition) is 8. The quantitative estimate of drug-likeness (QED) is 0.203. The molecule has 2 aromatic heterocycles. The number of rotatable bonds is 5. The van der Waals surface area contributed by atoms with Gasteiger partial charge in [-0.15, -0.1) is 11.6 Å². The molecule has 0 bridgehead atoms. The molecule has 0 saturated heterocycles. The highest BCUT2D eigenvalue weighted by molar-refractivity contribution is 6.19. The van der Waals surface area contributed by atoms with E-state index in [1.165, 1.54) is 16.8 Å². The highest BCUT2D eigenvalue weighted by atomic mass is 35.5. The summed E-state index contributed by atoms with van der Waals surface area (Å²) in [6, 6.07) is 13.8. The van der Waals surface area contributed by atoms with Crippen LogP contribution >= 0.6 is 11.6 Å². The van der Waals surface area contributed by atoms with E-state index in [4.69, 9.17) is 20.8 Å². The summed E-state index contributed by atoms with van der Waals surface area (Å²) in [6.45, 7) is 5.58. The number of aromatic hydroxyl groups is 1. The Morgan fingerprint density at radius 2 is 1.84 bits per heavy atom. The number of nitrogens with one attached hydrogen (secondary N) is 2. The predicted octanol–water partition coefficient (Wildman–Crippen LogP) is 6.00. The fraction of sp³-hybridized carbons (Fsp3) is 0.258. The Balaban J connectivity index is 1.21. The van der Waals surface area contributed by atoms with Crippen LogP contribution in [0.3, 0.4) is 0 Å². The van der Waals surface area contributed by atoms with Crippen molar-refractivity contribution in [3.05, 3.63) is 72.0 Å². The van der Waals surface area contributed by atoms with Gasteiger partial charge in [0.1, 0.15) is 16.9 Å². The minimum atomic E-state index is -0.676. The molecule has 12 nitrogen and oxygen atoms in total. The lowest BCUT2D eigenvalue weighted by Gasteiger charge is -2.19. The van der Waals surface area contributed by atoms with Gasteiger partial charge in [0.15, 0.2) is 11.4 Å². The lowest BCUT2D eigenvalue weighted by molar-refractivity contribution is 0.0635. The standard InChI is InChI=1S/C31H29ClN6O6/c1-31(2,3)44-30(42)33-17-9-10-20-23(11-17)43-28(34-20)27(40)36-24-15-37(4)26(35-24)29(41)38-14-16(13-32)25-19-8-6-5-7-18(19)22(39)12-21(25)38/h5-12,15-16,39H,13-14H2,1-4H3,(H,33,42)(H,36,40)/t16-/m1/s1. The zero-order valence-corrected chi connectivity index (χ0v) is 25.1. The van der Waals surface area contributed by atoms with E-state index in [2.05, 4.69) is 20.6 Å². The second-order valence-corrected chi connectivity index (χ2v) is 11.8. The van der Waals surface area contributed by atoms with E-state index in [1.807, 2.05) is 24.3 Å². The van der Waals surface area contributed by atoms with Crippen LogP contribution in [0.4, 0.5) is 22.0 Å². The lowest BCUT2D eigenvalue weighted by atomic mass is 9.95. The molecule has 0 fully saturated rings. The molecule has 0 unspecified atom stereocenters. The third-order valence-electron chi connectivity index (χ3n) is 7.11. The average molecular weight is 617 g/mol. The van der Waals surface area contributed by atoms with Crippen molar-refractivity contribution in [1.82, 2.24) is 14.5 Å². The maximum absolute atomic E-state index is 13.7. The Labute approximate surface area is 256 Å². The number of alkyl halides is 1. The molecular weight excluding hydrogens is 588 g/mol. The van der Waals surface area contributed by atoms with Gasteiger partial charge in [-0.05, 0) is 43.9 Å². The number of anilines is 3. The van der Waals surface area contributed by atoms with Gasteiger partial charge in [-0.1, -0.05) is 24.3 Å². The molecule has 1 aliphatic heterocycles. The minimum Gasteiger partial charge on any atom is -0.507 e. The first-order valence-corrected chi connectivity index (χ1v) is 14.3. The molecule has 0 spiro atoms. The summed E-state index contributed by atoms with van der Waals surface area (Å²) in [6.07, 6.45) is 0.875. The van der Waals surface area contributed by atoms with Crippen LogP contribution in [-0.2, 0) is 11.8 Å². The number of halogens is 1. The van der Waals surface area contributed by atoms with Crippen molar-refractivity contribution in [2.45, 2.75) is 32.3 Å². The number of nitrogens with zero attached hydrogens (tertiary/aromatic N) is 4. The number of ether oxygens (including phenoxy) is 1. The van der Waals surface area contributed by atoms with Crippen LogP contribution in [0.1, 0.15) is 53.6 Å². The van der Waals surface area contributed by atoms with Crippen molar-refractivity contribution in [3.8, 4) is 5.75 Å². The number of carbonyl (C=O) groups is 3. The number of phenols is 1. The number of fused-ring (bicyclic) bond motifs is 4. The first-order chi connectivity index (χ1) is 20.9. The van der Waals surface area contributed by atoms with E-state index in [9.17, 15) is 19.5 Å². The SMILES string of the molecule is Cn1cc(NC(=O)c2nc3ccc(NC(=O)OC(C)(C)C)cc3o2)nc1C(=O)N1C[C@@H](CCl)c2c1cc(O)c1ccccc21. The molecule has 3 amide bonds. The Morgan fingerprint density at radius 3 is 2.57 bits per heavy atom. The van der Waals surface area contributed by atoms with E-state index in [1.54, 1.807) is 50.9 Å². The van der Waals surface area contributed by atoms with E-state index < -0.39 is 23.5 Å². The van der Waals surface area contributed by atoms with Crippen molar-refractivity contribution in [2.24, 2.45) is 7.05 Å². The number of phenolic OH excluding ortho intramolecular Hbond substituents is 1. The number of aromatic nitrogens is 3. The van der Waals surface area contributed by atoms with Crippen LogP contribution in [0.15, 0.2) is 59.1 Å². The van der Waals surface area contributed by atoms with Gasteiger partial charge >= 0.3 is 12.0 Å². The third-order valence-corrected chi connectivity index (χ3v) is 7.49. The number of hydrogen-bond donors (Lipinski definition) is 3. The summed E-state index contributed by atoms with van der Waals surface area (Å²) in [4.78, 5) is 49.0. The molecule has 6 rings (SSSR count). The number of amides is 3. The molecule has 0 radical (unpaired) electrons. The fourth-order valence-electron chi connectivity index (χ4n) is 5.28. The van der Waals surface area contributed by atoms with Gasteiger partial charge in [0.05, 0.1) is 5.69 Å². The van der Waals surface area contributed by atoms with Gasteiger partial charge in [0.25, 0.3) is 11.8 Å². The smallest absolute Gasteiger partial charge is 0.412 e. The van der Waals surface area contributed by atoms with E-state index in [-0.39, 0.29) is 40.7 Å².